The van der Waals surface area contributed by atoms with Crippen LogP contribution >= 0.6 is 0 Å². The molecule has 0 aliphatic carbocycles. The largest absolute Gasteiger partial charge is 0.364 e. The van der Waals surface area contributed by atoms with Gasteiger partial charge in [-0.1, -0.05) is 0 Å². The zero-order valence-electron chi connectivity index (χ0n) is 10.4. The molecule has 0 aliphatic rings. The molecule has 0 atom stereocenters. The van der Waals surface area contributed by atoms with E-state index in [9.17, 15) is 9.59 Å². The van der Waals surface area contributed by atoms with Gasteiger partial charge in [0, 0.05) is 27.3 Å². The van der Waals surface area contributed by atoms with Gasteiger partial charge in [-0.2, -0.15) is 4.98 Å². The highest BCUT2D eigenvalue weighted by Crippen LogP contribution is 2.12. The van der Waals surface area contributed by atoms with Gasteiger partial charge in [0.1, 0.15) is 6.73 Å². The van der Waals surface area contributed by atoms with Crippen LogP contribution in [0.1, 0.15) is 6.92 Å². The molecule has 2 heterocycles. The van der Waals surface area contributed by atoms with Gasteiger partial charge in [0.15, 0.2) is 5.65 Å². The molecule has 2 aromatic heterocycles. The summed E-state index contributed by atoms with van der Waals surface area (Å²) in [5, 5.41) is 3.01. The van der Waals surface area contributed by atoms with E-state index >= 15 is 0 Å². The molecule has 0 bridgehead atoms. The number of fused-ring (bicyclic) bond motifs is 1. The molecular weight excluding hydrogens is 236 g/mol. The Bertz CT molecular complexity index is 656. The van der Waals surface area contributed by atoms with Crippen LogP contribution in [0.15, 0.2) is 17.1 Å². The molecule has 1 amide bonds. The zero-order chi connectivity index (χ0) is 13.3. The number of amides is 1. The normalized spacial score (nSPS) is 10.8. The average Bonchev–Trinajstić information content (AvgIpc) is 2.69. The summed E-state index contributed by atoms with van der Waals surface area (Å²) in [5.74, 6) is -0.0576. The lowest BCUT2D eigenvalue weighted by atomic mass is 10.4. The molecule has 7 heteroatoms. The van der Waals surface area contributed by atoms with Gasteiger partial charge in [0.2, 0.25) is 11.9 Å². The van der Waals surface area contributed by atoms with E-state index in [4.69, 9.17) is 4.74 Å². The number of hydrogen-bond acceptors (Lipinski definition) is 4. The molecule has 0 unspecified atom stereocenters. The predicted molar refractivity (Wildman–Crippen MR) is 66.3 cm³/mol. The molecule has 0 saturated heterocycles. The topological polar surface area (TPSA) is 78.1 Å². The van der Waals surface area contributed by atoms with Gasteiger partial charge < -0.3 is 9.30 Å². The minimum atomic E-state index is -0.276. The molecule has 2 aromatic rings. The molecule has 0 spiro atoms. The van der Waals surface area contributed by atoms with Gasteiger partial charge in [-0.05, 0) is 6.07 Å². The second-order valence-electron chi connectivity index (χ2n) is 3.92. The Labute approximate surface area is 103 Å². The Hall–Kier alpha value is -2.15. The van der Waals surface area contributed by atoms with Gasteiger partial charge >= 0.3 is 0 Å². The summed E-state index contributed by atoms with van der Waals surface area (Å²) >= 11 is 0. The lowest BCUT2D eigenvalue weighted by molar-refractivity contribution is -0.114. The molecule has 0 radical (unpaired) electrons. The van der Waals surface area contributed by atoms with Crippen LogP contribution in [0.5, 0.6) is 0 Å². The van der Waals surface area contributed by atoms with E-state index in [-0.39, 0.29) is 17.4 Å². The molecule has 0 aliphatic heterocycles. The van der Waals surface area contributed by atoms with E-state index in [1.54, 1.807) is 31.0 Å². The molecule has 7 nitrogen and oxygen atoms in total. The first-order valence-electron chi connectivity index (χ1n) is 5.37. The van der Waals surface area contributed by atoms with Crippen molar-refractivity contribution in [2.75, 3.05) is 12.4 Å². The molecule has 96 valence electrons. The maximum atomic E-state index is 12.1. The second kappa shape index (κ2) is 4.61. The van der Waals surface area contributed by atoms with Gasteiger partial charge in [-0.15, -0.1) is 0 Å². The molecule has 0 fully saturated rings. The molecule has 0 saturated carbocycles. The highest BCUT2D eigenvalue weighted by Gasteiger charge is 2.12. The van der Waals surface area contributed by atoms with Crippen molar-refractivity contribution in [2.45, 2.75) is 13.7 Å². The number of anilines is 1. The quantitative estimate of drug-likeness (QED) is 0.849. The third-order valence-electron chi connectivity index (χ3n) is 2.55. The second-order valence-corrected chi connectivity index (χ2v) is 3.92. The summed E-state index contributed by atoms with van der Waals surface area (Å²) in [4.78, 5) is 27.4. The van der Waals surface area contributed by atoms with Crippen molar-refractivity contribution >= 4 is 22.9 Å². The lowest BCUT2D eigenvalue weighted by Crippen LogP contribution is -2.24. The van der Waals surface area contributed by atoms with Crippen molar-refractivity contribution < 1.29 is 9.53 Å². The Kier molecular flexibility index (Phi) is 3.15. The maximum absolute atomic E-state index is 12.1. The number of nitrogens with one attached hydrogen (secondary N) is 1. The summed E-state index contributed by atoms with van der Waals surface area (Å²) in [7, 11) is 3.12. The van der Waals surface area contributed by atoms with E-state index in [1.807, 2.05) is 0 Å². The lowest BCUT2D eigenvalue weighted by Gasteiger charge is -2.09. The van der Waals surface area contributed by atoms with Crippen LogP contribution in [0, 0.1) is 0 Å². The van der Waals surface area contributed by atoms with Crippen molar-refractivity contribution in [3.63, 3.8) is 0 Å². The summed E-state index contributed by atoms with van der Waals surface area (Å²) in [5.41, 5.74) is 0.280. The fourth-order valence-electron chi connectivity index (χ4n) is 1.72. The number of methoxy groups -OCH3 is 1. The predicted octanol–water partition coefficient (Wildman–Crippen LogP) is 0.297. The van der Waals surface area contributed by atoms with Crippen molar-refractivity contribution in [2.24, 2.45) is 7.05 Å². The first kappa shape index (κ1) is 12.3. The number of rotatable bonds is 3. The summed E-state index contributed by atoms with van der Waals surface area (Å²) in [6.07, 6.45) is 1.72. The molecular formula is C11H14N4O3. The summed E-state index contributed by atoms with van der Waals surface area (Å²) in [6, 6.07) is 1.68. The number of ether oxygens (including phenoxy) is 1. The SMILES string of the molecule is COCn1ccc2c(=O)n(C)c(NC(C)=O)nc21. The number of carbonyl (C=O) groups excluding carboxylic acids is 1. The number of hydrogen-bond donors (Lipinski definition) is 1. The minimum absolute atomic E-state index is 0.210. The number of aromatic nitrogens is 3. The first-order chi connectivity index (χ1) is 8.54. The van der Waals surface area contributed by atoms with Crippen LogP contribution in [0.3, 0.4) is 0 Å². The van der Waals surface area contributed by atoms with Crippen molar-refractivity contribution in [3.05, 3.63) is 22.6 Å². The van der Waals surface area contributed by atoms with Gasteiger partial charge in [0.05, 0.1) is 5.39 Å². The molecule has 0 aromatic carbocycles. The highest BCUT2D eigenvalue weighted by molar-refractivity contribution is 5.88. The fraction of sp³-hybridized carbons (Fsp3) is 0.364. The number of nitrogens with zero attached hydrogens (tertiary/aromatic N) is 3. The Balaban J connectivity index is 2.66. The zero-order valence-corrected chi connectivity index (χ0v) is 10.4. The van der Waals surface area contributed by atoms with Crippen molar-refractivity contribution in [3.8, 4) is 0 Å². The maximum Gasteiger partial charge on any atom is 0.264 e. The van der Waals surface area contributed by atoms with E-state index < -0.39 is 0 Å². The van der Waals surface area contributed by atoms with Crippen LogP contribution in [-0.4, -0.2) is 27.1 Å². The van der Waals surface area contributed by atoms with E-state index in [0.29, 0.717) is 17.8 Å². The molecule has 1 N–H and O–H groups in total. The van der Waals surface area contributed by atoms with Gasteiger partial charge in [0.25, 0.3) is 5.56 Å². The monoisotopic (exact) mass is 250 g/mol. The molecule has 18 heavy (non-hydrogen) atoms. The third-order valence-corrected chi connectivity index (χ3v) is 2.55. The fourth-order valence-corrected chi connectivity index (χ4v) is 1.72. The minimum Gasteiger partial charge on any atom is -0.364 e. The smallest absolute Gasteiger partial charge is 0.264 e. The van der Waals surface area contributed by atoms with E-state index in [1.165, 1.54) is 11.5 Å². The Morgan fingerprint density at radius 1 is 1.56 bits per heavy atom. The van der Waals surface area contributed by atoms with E-state index in [0.717, 1.165) is 0 Å². The standard InChI is InChI=1S/C11H14N4O3/c1-7(16)12-11-13-9-8(10(17)14(11)2)4-5-15(9)6-18-3/h4-5H,6H2,1-3H3,(H,12,13,16). The summed E-state index contributed by atoms with van der Waals surface area (Å²) in [6.45, 7) is 1.66. The average molecular weight is 250 g/mol. The van der Waals surface area contributed by atoms with Crippen LogP contribution in [-0.2, 0) is 23.3 Å². The Morgan fingerprint density at radius 2 is 2.28 bits per heavy atom. The van der Waals surface area contributed by atoms with Gasteiger partial charge in [-0.3, -0.25) is 19.5 Å². The van der Waals surface area contributed by atoms with Gasteiger partial charge in [-0.25, -0.2) is 0 Å². The number of carbonyl (C=O) groups is 1. The third kappa shape index (κ3) is 2.00. The van der Waals surface area contributed by atoms with E-state index in [2.05, 4.69) is 10.3 Å². The highest BCUT2D eigenvalue weighted by atomic mass is 16.5. The van der Waals surface area contributed by atoms with Crippen LogP contribution in [0.4, 0.5) is 5.95 Å². The van der Waals surface area contributed by atoms with Crippen molar-refractivity contribution in [1.29, 1.82) is 0 Å². The van der Waals surface area contributed by atoms with Crippen LogP contribution in [0.25, 0.3) is 11.0 Å². The van der Waals surface area contributed by atoms with Crippen LogP contribution in [0.2, 0.25) is 0 Å². The van der Waals surface area contributed by atoms with Crippen molar-refractivity contribution in [1.82, 2.24) is 14.1 Å². The summed E-state index contributed by atoms with van der Waals surface area (Å²) < 4.78 is 8.02. The Morgan fingerprint density at radius 3 is 2.89 bits per heavy atom. The van der Waals surface area contributed by atoms with Crippen LogP contribution < -0.4 is 10.9 Å². The molecule has 2 rings (SSSR count). The first-order valence-corrected chi connectivity index (χ1v) is 5.37.